The molecule has 1 saturated carbocycles. The predicted molar refractivity (Wildman–Crippen MR) is 84.6 cm³/mol. The van der Waals surface area contributed by atoms with Crippen molar-refractivity contribution in [3.63, 3.8) is 0 Å². The number of esters is 1. The quantitative estimate of drug-likeness (QED) is 0.655. The molecule has 0 spiro atoms. The third-order valence-electron chi connectivity index (χ3n) is 3.40. The number of benzene rings is 1. The van der Waals surface area contributed by atoms with Crippen molar-refractivity contribution >= 4 is 35.0 Å². The molecule has 0 unspecified atom stereocenters. The van der Waals surface area contributed by atoms with E-state index in [2.05, 4.69) is 0 Å². The topological polar surface area (TPSA) is 52.3 Å². The first-order valence-electron chi connectivity index (χ1n) is 7.04. The summed E-state index contributed by atoms with van der Waals surface area (Å²) in [4.78, 5) is 12.9. The predicted octanol–water partition coefficient (Wildman–Crippen LogP) is 4.52. The Balaban J connectivity index is 2.26. The highest BCUT2D eigenvalue weighted by molar-refractivity contribution is 8.00. The first kappa shape index (κ1) is 15.5. The van der Waals surface area contributed by atoms with E-state index in [-0.39, 0.29) is 5.97 Å². The molecule has 0 radical (unpaired) electrons. The number of hydrogen-bond donors (Lipinski definition) is 1. The van der Waals surface area contributed by atoms with Gasteiger partial charge in [0.15, 0.2) is 0 Å². The Kier molecular flexibility index (Phi) is 5.61. The van der Waals surface area contributed by atoms with E-state index in [0.29, 0.717) is 28.1 Å². The molecule has 2 N–H and O–H groups in total. The van der Waals surface area contributed by atoms with Crippen LogP contribution in [0.2, 0.25) is 5.02 Å². The Labute approximate surface area is 129 Å². The van der Waals surface area contributed by atoms with Crippen molar-refractivity contribution in [3.05, 3.63) is 22.7 Å². The number of nitrogens with two attached hydrogens (primary N) is 1. The molecule has 1 aromatic rings. The van der Waals surface area contributed by atoms with Gasteiger partial charge in [0.2, 0.25) is 0 Å². The number of nitrogen functional groups attached to an aromatic ring is 1. The smallest absolute Gasteiger partial charge is 0.339 e. The summed E-state index contributed by atoms with van der Waals surface area (Å²) < 4.78 is 5.10. The molecule has 1 fully saturated rings. The molecule has 0 aliphatic heterocycles. The highest BCUT2D eigenvalue weighted by atomic mass is 35.5. The molecular formula is C15H20ClNO2S. The molecule has 2 rings (SSSR count). The molecule has 0 heterocycles. The second-order valence-corrected chi connectivity index (χ2v) is 6.70. The second-order valence-electron chi connectivity index (χ2n) is 4.98. The summed E-state index contributed by atoms with van der Waals surface area (Å²) in [6.07, 6.45) is 6.15. The van der Waals surface area contributed by atoms with Crippen molar-refractivity contribution in [1.29, 1.82) is 0 Å². The Morgan fingerprint density at radius 2 is 2.10 bits per heavy atom. The van der Waals surface area contributed by atoms with E-state index >= 15 is 0 Å². The number of halogens is 1. The van der Waals surface area contributed by atoms with E-state index in [1.54, 1.807) is 30.8 Å². The second kappa shape index (κ2) is 7.23. The lowest BCUT2D eigenvalue weighted by molar-refractivity contribution is 0.0522. The highest BCUT2D eigenvalue weighted by Gasteiger charge is 2.22. The van der Waals surface area contributed by atoms with Crippen LogP contribution < -0.4 is 5.73 Å². The fraction of sp³-hybridized carbons (Fsp3) is 0.533. The molecule has 0 saturated heterocycles. The van der Waals surface area contributed by atoms with E-state index in [1.807, 2.05) is 0 Å². The summed E-state index contributed by atoms with van der Waals surface area (Å²) in [5.74, 6) is -0.347. The van der Waals surface area contributed by atoms with Gasteiger partial charge in [-0.05, 0) is 31.9 Å². The molecule has 0 aromatic heterocycles. The average Bonchev–Trinajstić information content (AvgIpc) is 2.43. The minimum Gasteiger partial charge on any atom is -0.462 e. The number of ether oxygens (including phenoxy) is 1. The van der Waals surface area contributed by atoms with Gasteiger partial charge >= 0.3 is 5.97 Å². The van der Waals surface area contributed by atoms with Crippen molar-refractivity contribution in [2.24, 2.45) is 0 Å². The zero-order valence-corrected chi connectivity index (χ0v) is 13.2. The molecule has 3 nitrogen and oxygen atoms in total. The summed E-state index contributed by atoms with van der Waals surface area (Å²) >= 11 is 7.98. The number of carbonyl (C=O) groups excluding carboxylic acids is 1. The highest BCUT2D eigenvalue weighted by Crippen LogP contribution is 2.40. The van der Waals surface area contributed by atoms with Gasteiger partial charge in [-0.3, -0.25) is 0 Å². The molecule has 1 aliphatic rings. The van der Waals surface area contributed by atoms with Crippen molar-refractivity contribution in [3.8, 4) is 0 Å². The molecule has 0 amide bonds. The van der Waals surface area contributed by atoms with Gasteiger partial charge in [0.1, 0.15) is 0 Å². The zero-order valence-electron chi connectivity index (χ0n) is 11.7. The van der Waals surface area contributed by atoms with Gasteiger partial charge in [-0.2, -0.15) is 0 Å². The summed E-state index contributed by atoms with van der Waals surface area (Å²) in [6, 6.07) is 3.37. The Bertz CT molecular complexity index is 487. The summed E-state index contributed by atoms with van der Waals surface area (Å²) in [6.45, 7) is 2.14. The Morgan fingerprint density at radius 1 is 1.40 bits per heavy atom. The van der Waals surface area contributed by atoms with E-state index in [4.69, 9.17) is 22.1 Å². The van der Waals surface area contributed by atoms with Gasteiger partial charge in [-0.15, -0.1) is 11.8 Å². The minimum atomic E-state index is -0.347. The van der Waals surface area contributed by atoms with Crippen molar-refractivity contribution in [1.82, 2.24) is 0 Å². The van der Waals surface area contributed by atoms with Crippen LogP contribution in [0.5, 0.6) is 0 Å². The molecule has 20 heavy (non-hydrogen) atoms. The number of carbonyl (C=O) groups is 1. The Hall–Kier alpha value is -0.870. The summed E-state index contributed by atoms with van der Waals surface area (Å²) in [5.41, 5.74) is 6.78. The number of anilines is 1. The van der Waals surface area contributed by atoms with Crippen LogP contribution in [0.3, 0.4) is 0 Å². The van der Waals surface area contributed by atoms with Gasteiger partial charge in [-0.1, -0.05) is 30.9 Å². The maximum absolute atomic E-state index is 12.1. The summed E-state index contributed by atoms with van der Waals surface area (Å²) in [5, 5.41) is 1.07. The fourth-order valence-corrected chi connectivity index (χ4v) is 4.15. The van der Waals surface area contributed by atoms with E-state index in [1.165, 1.54) is 32.1 Å². The van der Waals surface area contributed by atoms with Gasteiger partial charge in [-0.25, -0.2) is 4.79 Å². The zero-order chi connectivity index (χ0) is 14.5. The van der Waals surface area contributed by atoms with Crippen molar-refractivity contribution in [2.45, 2.75) is 49.2 Å². The molecular weight excluding hydrogens is 294 g/mol. The number of rotatable bonds is 4. The SMILES string of the molecule is CCOC(=O)c1cc(N)cc(Cl)c1SC1CCCCC1. The third-order valence-corrected chi connectivity index (χ3v) is 5.29. The van der Waals surface area contributed by atoms with Gasteiger partial charge < -0.3 is 10.5 Å². The number of thioether (sulfide) groups is 1. The lowest BCUT2D eigenvalue weighted by Gasteiger charge is -2.22. The molecule has 5 heteroatoms. The van der Waals surface area contributed by atoms with Crippen molar-refractivity contribution < 1.29 is 9.53 Å². The molecule has 1 aromatic carbocycles. The molecule has 0 bridgehead atoms. The fourth-order valence-electron chi connectivity index (χ4n) is 2.44. The van der Waals surface area contributed by atoms with Crippen LogP contribution in [0.25, 0.3) is 0 Å². The largest absolute Gasteiger partial charge is 0.462 e. The maximum Gasteiger partial charge on any atom is 0.339 e. The Morgan fingerprint density at radius 3 is 2.75 bits per heavy atom. The first-order valence-corrected chi connectivity index (χ1v) is 8.30. The van der Waals surface area contributed by atoms with Crippen LogP contribution in [0.4, 0.5) is 5.69 Å². The normalized spacial score (nSPS) is 16.1. The standard InChI is InChI=1S/C15H20ClNO2S/c1-2-19-15(18)12-8-10(17)9-13(16)14(12)20-11-6-4-3-5-7-11/h8-9,11H,2-7,17H2,1H3. The number of hydrogen-bond acceptors (Lipinski definition) is 4. The van der Waals surface area contributed by atoms with Crippen LogP contribution in [0, 0.1) is 0 Å². The van der Waals surface area contributed by atoms with Gasteiger partial charge in [0, 0.05) is 15.8 Å². The third kappa shape index (κ3) is 3.83. The van der Waals surface area contributed by atoms with E-state index < -0.39 is 0 Å². The first-order chi connectivity index (χ1) is 9.61. The monoisotopic (exact) mass is 313 g/mol. The average molecular weight is 314 g/mol. The van der Waals surface area contributed by atoms with Gasteiger partial charge in [0.05, 0.1) is 17.2 Å². The maximum atomic E-state index is 12.1. The van der Waals surface area contributed by atoms with Crippen LogP contribution in [-0.2, 0) is 4.74 Å². The van der Waals surface area contributed by atoms with Crippen LogP contribution in [0.1, 0.15) is 49.4 Å². The minimum absolute atomic E-state index is 0.346. The van der Waals surface area contributed by atoms with E-state index in [0.717, 1.165) is 4.90 Å². The molecule has 0 atom stereocenters. The molecule has 110 valence electrons. The van der Waals surface area contributed by atoms with Gasteiger partial charge in [0.25, 0.3) is 0 Å². The lowest BCUT2D eigenvalue weighted by atomic mass is 10.0. The van der Waals surface area contributed by atoms with E-state index in [9.17, 15) is 4.79 Å². The van der Waals surface area contributed by atoms with Crippen molar-refractivity contribution in [2.75, 3.05) is 12.3 Å². The lowest BCUT2D eigenvalue weighted by Crippen LogP contribution is -2.11. The van der Waals surface area contributed by atoms with Crippen LogP contribution in [-0.4, -0.2) is 17.8 Å². The van der Waals surface area contributed by atoms with Crippen LogP contribution in [0.15, 0.2) is 17.0 Å². The van der Waals surface area contributed by atoms with Crippen LogP contribution >= 0.6 is 23.4 Å². The molecule has 1 aliphatic carbocycles. The summed E-state index contributed by atoms with van der Waals surface area (Å²) in [7, 11) is 0.